The van der Waals surface area contributed by atoms with E-state index >= 15 is 0 Å². The predicted molar refractivity (Wildman–Crippen MR) is 103 cm³/mol. The third-order valence-electron chi connectivity index (χ3n) is 4.39. The molecule has 0 aliphatic carbocycles. The lowest BCUT2D eigenvalue weighted by molar-refractivity contribution is 0.0793. The first-order chi connectivity index (χ1) is 13.1. The first-order valence-electron chi connectivity index (χ1n) is 8.77. The van der Waals surface area contributed by atoms with Gasteiger partial charge in [0.1, 0.15) is 5.82 Å². The average molecular weight is 365 g/mol. The monoisotopic (exact) mass is 365 g/mol. The number of rotatable bonds is 7. The molecule has 7 nitrogen and oxygen atoms in total. The molecule has 1 amide bonds. The minimum absolute atomic E-state index is 0.00653. The van der Waals surface area contributed by atoms with Crippen molar-refractivity contribution in [3.8, 4) is 17.3 Å². The van der Waals surface area contributed by atoms with Crippen molar-refractivity contribution in [2.45, 2.75) is 12.8 Å². The van der Waals surface area contributed by atoms with Crippen LogP contribution in [0.15, 0.2) is 48.9 Å². The van der Waals surface area contributed by atoms with Gasteiger partial charge in [-0.15, -0.1) is 0 Å². The van der Waals surface area contributed by atoms with Gasteiger partial charge in [0.25, 0.3) is 5.91 Å². The van der Waals surface area contributed by atoms with E-state index in [0.29, 0.717) is 23.8 Å². The number of aryl methyl sites for hydroxylation is 2. The fraction of sp³-hybridized carbons (Fsp3) is 0.300. The Balaban J connectivity index is 1.60. The lowest BCUT2D eigenvalue weighted by Crippen LogP contribution is -2.28. The van der Waals surface area contributed by atoms with Crippen LogP contribution in [-0.4, -0.2) is 51.0 Å². The Morgan fingerprint density at radius 1 is 1.15 bits per heavy atom. The van der Waals surface area contributed by atoms with Crippen LogP contribution in [0.1, 0.15) is 22.6 Å². The molecule has 0 spiro atoms. The number of hydrogen-bond acceptors (Lipinski definition) is 5. The number of benzene rings is 1. The third-order valence-corrected chi connectivity index (χ3v) is 4.39. The maximum absolute atomic E-state index is 12.6. The van der Waals surface area contributed by atoms with Crippen LogP contribution in [-0.2, 0) is 13.5 Å². The first kappa shape index (κ1) is 18.6. The second-order valence-corrected chi connectivity index (χ2v) is 6.28. The summed E-state index contributed by atoms with van der Waals surface area (Å²) in [6.07, 6.45) is 7.07. The molecule has 0 radical (unpaired) electrons. The molecule has 3 aromatic rings. The Hall–Kier alpha value is -3.22. The molecule has 2 heterocycles. The maximum atomic E-state index is 12.6. The second kappa shape index (κ2) is 8.44. The van der Waals surface area contributed by atoms with E-state index < -0.39 is 0 Å². The van der Waals surface area contributed by atoms with E-state index in [1.807, 2.05) is 37.0 Å². The zero-order valence-corrected chi connectivity index (χ0v) is 15.8. The molecule has 0 aliphatic rings. The first-order valence-corrected chi connectivity index (χ1v) is 8.77. The van der Waals surface area contributed by atoms with Gasteiger partial charge in [-0.2, -0.15) is 4.98 Å². The molecule has 0 unspecified atom stereocenters. The molecule has 0 saturated heterocycles. The number of aromatic nitrogens is 4. The molecule has 0 bridgehead atoms. The Kier molecular flexibility index (Phi) is 5.80. The molecule has 0 aliphatic heterocycles. The molecule has 27 heavy (non-hydrogen) atoms. The number of carbonyl (C=O) groups excluding carboxylic acids is 1. The number of imidazole rings is 1. The van der Waals surface area contributed by atoms with Crippen LogP contribution in [0.2, 0.25) is 0 Å². The summed E-state index contributed by atoms with van der Waals surface area (Å²) in [6.45, 7) is 0.673. The average Bonchev–Trinajstić information content (AvgIpc) is 3.12. The van der Waals surface area contributed by atoms with Crippen molar-refractivity contribution in [1.29, 1.82) is 0 Å². The van der Waals surface area contributed by atoms with Gasteiger partial charge in [0.2, 0.25) is 5.88 Å². The predicted octanol–water partition coefficient (Wildman–Crippen LogP) is 2.59. The number of amides is 1. The highest BCUT2D eigenvalue weighted by molar-refractivity contribution is 5.94. The third kappa shape index (κ3) is 4.49. The summed E-state index contributed by atoms with van der Waals surface area (Å²) in [7, 11) is 5.36. The highest BCUT2D eigenvalue weighted by atomic mass is 16.5. The zero-order chi connectivity index (χ0) is 19.2. The summed E-state index contributed by atoms with van der Waals surface area (Å²) in [6, 6.07) is 9.00. The molecule has 7 heteroatoms. The van der Waals surface area contributed by atoms with Gasteiger partial charge >= 0.3 is 0 Å². The summed E-state index contributed by atoms with van der Waals surface area (Å²) in [4.78, 5) is 27.2. The second-order valence-electron chi connectivity index (χ2n) is 6.28. The summed E-state index contributed by atoms with van der Waals surface area (Å²) < 4.78 is 7.12. The fourth-order valence-electron chi connectivity index (χ4n) is 2.79. The van der Waals surface area contributed by atoms with Crippen LogP contribution >= 0.6 is 0 Å². The van der Waals surface area contributed by atoms with Gasteiger partial charge in [0.05, 0.1) is 7.11 Å². The number of carbonyl (C=O) groups is 1. The van der Waals surface area contributed by atoms with E-state index in [0.717, 1.165) is 24.2 Å². The standard InChI is InChI=1S/C20H23N5O2/c1-24-14-12-21-17(24)5-4-13-25(2)20(26)16-8-6-15(7-9-16)19-22-11-10-18(23-19)27-3/h6-12,14H,4-5,13H2,1-3H3. The number of hydrogen-bond donors (Lipinski definition) is 0. The van der Waals surface area contributed by atoms with Gasteiger partial charge in [0.15, 0.2) is 5.82 Å². The van der Waals surface area contributed by atoms with Crippen molar-refractivity contribution in [3.05, 3.63) is 60.3 Å². The summed E-state index contributed by atoms with van der Waals surface area (Å²) in [5, 5.41) is 0. The van der Waals surface area contributed by atoms with Gasteiger partial charge in [-0.05, 0) is 18.6 Å². The Morgan fingerprint density at radius 2 is 1.93 bits per heavy atom. The van der Waals surface area contributed by atoms with Crippen LogP contribution in [0.4, 0.5) is 0 Å². The Morgan fingerprint density at radius 3 is 2.59 bits per heavy atom. The lowest BCUT2D eigenvalue weighted by Gasteiger charge is -2.17. The fourth-order valence-corrected chi connectivity index (χ4v) is 2.79. The minimum atomic E-state index is -0.00653. The van der Waals surface area contributed by atoms with Crippen LogP contribution in [0.25, 0.3) is 11.4 Å². The molecule has 0 N–H and O–H groups in total. The topological polar surface area (TPSA) is 73.1 Å². The largest absolute Gasteiger partial charge is 0.481 e. The molecule has 0 saturated carbocycles. The summed E-state index contributed by atoms with van der Waals surface area (Å²) in [5.74, 6) is 2.09. The highest BCUT2D eigenvalue weighted by Gasteiger charge is 2.12. The number of methoxy groups -OCH3 is 1. The molecule has 0 atom stereocenters. The Bertz CT molecular complexity index is 905. The van der Waals surface area contributed by atoms with Crippen molar-refractivity contribution < 1.29 is 9.53 Å². The van der Waals surface area contributed by atoms with Crippen molar-refractivity contribution in [2.24, 2.45) is 7.05 Å². The molecule has 3 rings (SSSR count). The highest BCUT2D eigenvalue weighted by Crippen LogP contribution is 2.18. The van der Waals surface area contributed by atoms with E-state index in [1.165, 1.54) is 0 Å². The van der Waals surface area contributed by atoms with E-state index in [-0.39, 0.29) is 5.91 Å². The van der Waals surface area contributed by atoms with E-state index in [1.54, 1.807) is 42.6 Å². The quantitative estimate of drug-likeness (QED) is 0.643. The molecule has 1 aromatic carbocycles. The van der Waals surface area contributed by atoms with Crippen LogP contribution < -0.4 is 4.74 Å². The smallest absolute Gasteiger partial charge is 0.253 e. The van der Waals surface area contributed by atoms with Gasteiger partial charge in [0, 0.05) is 62.8 Å². The molecule has 0 fully saturated rings. The maximum Gasteiger partial charge on any atom is 0.253 e. The van der Waals surface area contributed by atoms with Crippen LogP contribution in [0.5, 0.6) is 5.88 Å². The van der Waals surface area contributed by atoms with Crippen molar-refractivity contribution in [1.82, 2.24) is 24.4 Å². The molecule has 140 valence electrons. The lowest BCUT2D eigenvalue weighted by atomic mass is 10.1. The van der Waals surface area contributed by atoms with Crippen LogP contribution in [0.3, 0.4) is 0 Å². The van der Waals surface area contributed by atoms with Crippen molar-refractivity contribution >= 4 is 5.91 Å². The normalized spacial score (nSPS) is 10.6. The number of nitrogens with zero attached hydrogens (tertiary/aromatic N) is 5. The zero-order valence-electron chi connectivity index (χ0n) is 15.8. The molecule has 2 aromatic heterocycles. The van der Waals surface area contributed by atoms with Crippen molar-refractivity contribution in [2.75, 3.05) is 20.7 Å². The Labute approximate surface area is 158 Å². The summed E-state index contributed by atoms with van der Waals surface area (Å²) >= 11 is 0. The SMILES string of the molecule is COc1ccnc(-c2ccc(C(=O)N(C)CCCc3nccn3C)cc2)n1. The van der Waals surface area contributed by atoms with Gasteiger partial charge < -0.3 is 14.2 Å². The van der Waals surface area contributed by atoms with Gasteiger partial charge in [-0.3, -0.25) is 4.79 Å². The molecular formula is C20H23N5O2. The minimum Gasteiger partial charge on any atom is -0.481 e. The van der Waals surface area contributed by atoms with Gasteiger partial charge in [-0.25, -0.2) is 9.97 Å². The molecular weight excluding hydrogens is 342 g/mol. The van der Waals surface area contributed by atoms with E-state index in [2.05, 4.69) is 15.0 Å². The van der Waals surface area contributed by atoms with Crippen molar-refractivity contribution in [3.63, 3.8) is 0 Å². The summed E-state index contributed by atoms with van der Waals surface area (Å²) in [5.41, 5.74) is 1.48. The van der Waals surface area contributed by atoms with E-state index in [4.69, 9.17) is 4.74 Å². The van der Waals surface area contributed by atoms with Crippen LogP contribution in [0, 0.1) is 0 Å². The number of ether oxygens (including phenoxy) is 1. The van der Waals surface area contributed by atoms with E-state index in [9.17, 15) is 4.79 Å². The van der Waals surface area contributed by atoms with Gasteiger partial charge in [-0.1, -0.05) is 12.1 Å².